The first-order valence-electron chi connectivity index (χ1n) is 12.0. The maximum absolute atomic E-state index is 12.9. The normalized spacial score (nSPS) is 13.5. The summed E-state index contributed by atoms with van der Waals surface area (Å²) in [5.41, 5.74) is 9.51. The van der Waals surface area contributed by atoms with E-state index in [1.54, 1.807) is 48.0 Å². The molecule has 1 saturated carbocycles. The van der Waals surface area contributed by atoms with Crippen molar-refractivity contribution in [3.63, 3.8) is 0 Å². The molecule has 1 aliphatic rings. The quantitative estimate of drug-likeness (QED) is 0.347. The largest absolute Gasteiger partial charge is 0.494 e. The third kappa shape index (κ3) is 5.00. The number of halogens is 1. The van der Waals surface area contributed by atoms with Gasteiger partial charge in [0.05, 0.1) is 12.5 Å². The van der Waals surface area contributed by atoms with Gasteiger partial charge in [-0.05, 0) is 50.2 Å². The number of methoxy groups -OCH3 is 1. The Morgan fingerprint density at radius 2 is 1.95 bits per heavy atom. The molecule has 1 aliphatic carbocycles. The first kappa shape index (κ1) is 24.7. The van der Waals surface area contributed by atoms with Gasteiger partial charge in [-0.3, -0.25) is 9.69 Å². The number of rotatable bonds is 8. The number of carbonyl (C=O) groups is 1. The Labute approximate surface area is 220 Å². The van der Waals surface area contributed by atoms with E-state index in [0.29, 0.717) is 50.7 Å². The minimum Gasteiger partial charge on any atom is -0.494 e. The molecule has 0 aliphatic heterocycles. The van der Waals surface area contributed by atoms with Crippen molar-refractivity contribution in [3.05, 3.63) is 66.0 Å². The van der Waals surface area contributed by atoms with E-state index in [2.05, 4.69) is 21.9 Å². The zero-order valence-electron chi connectivity index (χ0n) is 20.9. The standard InChI is InChI=1S/C27H28ClN7O2/c1-33(19-10-11-19)14-4-5-23(36)34(2)20-12-13-22(37-3)21(15-20)35-27-24(26(29)30-16-31-27)25(32-35)17-6-8-18(28)9-7-17/h4-9,12-13,15-16,19H,10-11,14H2,1-3H3,(H2,29,30,31)/b5-4+. The predicted octanol–water partition coefficient (Wildman–Crippen LogP) is 4.34. The number of hydrogen-bond acceptors (Lipinski definition) is 7. The minimum absolute atomic E-state index is 0.126. The van der Waals surface area contributed by atoms with Gasteiger partial charge in [-0.2, -0.15) is 5.10 Å². The van der Waals surface area contributed by atoms with Gasteiger partial charge < -0.3 is 15.4 Å². The molecular weight excluding hydrogens is 490 g/mol. The van der Waals surface area contributed by atoms with Crippen molar-refractivity contribution >= 4 is 40.0 Å². The molecule has 0 atom stereocenters. The number of amides is 1. The van der Waals surface area contributed by atoms with Crippen LogP contribution in [-0.2, 0) is 4.79 Å². The molecule has 1 fully saturated rings. The Morgan fingerprint density at radius 1 is 1.19 bits per heavy atom. The summed E-state index contributed by atoms with van der Waals surface area (Å²) in [5, 5.41) is 6.09. The number of nitrogens with zero attached hydrogens (tertiary/aromatic N) is 6. The maximum atomic E-state index is 12.9. The molecule has 0 radical (unpaired) electrons. The lowest BCUT2D eigenvalue weighted by atomic mass is 10.1. The number of nitrogens with two attached hydrogens (primary N) is 1. The van der Waals surface area contributed by atoms with E-state index >= 15 is 0 Å². The lowest BCUT2D eigenvalue weighted by Gasteiger charge is -2.18. The van der Waals surface area contributed by atoms with E-state index in [9.17, 15) is 4.79 Å². The van der Waals surface area contributed by atoms with Crippen molar-refractivity contribution in [1.82, 2.24) is 24.6 Å². The molecule has 10 heteroatoms. The summed E-state index contributed by atoms with van der Waals surface area (Å²) in [6.07, 6.45) is 7.37. The summed E-state index contributed by atoms with van der Waals surface area (Å²) in [7, 11) is 5.40. The molecular formula is C27H28ClN7O2. The number of ether oxygens (including phenoxy) is 1. The average molecular weight is 518 g/mol. The first-order chi connectivity index (χ1) is 17.9. The number of anilines is 2. The van der Waals surface area contributed by atoms with Crippen molar-refractivity contribution in [3.8, 4) is 22.7 Å². The summed E-state index contributed by atoms with van der Waals surface area (Å²) in [6.45, 7) is 0.742. The van der Waals surface area contributed by atoms with Gasteiger partial charge in [0, 0.05) is 42.0 Å². The summed E-state index contributed by atoms with van der Waals surface area (Å²) in [5.74, 6) is 0.749. The highest BCUT2D eigenvalue weighted by atomic mass is 35.5. The Morgan fingerprint density at radius 3 is 2.65 bits per heavy atom. The summed E-state index contributed by atoms with van der Waals surface area (Å²) < 4.78 is 7.31. The third-order valence-electron chi connectivity index (χ3n) is 6.54. The molecule has 5 rings (SSSR count). The monoisotopic (exact) mass is 517 g/mol. The van der Waals surface area contributed by atoms with Crippen LogP contribution in [0.1, 0.15) is 12.8 Å². The second-order valence-corrected chi connectivity index (χ2v) is 9.49. The molecule has 190 valence electrons. The molecule has 2 heterocycles. The van der Waals surface area contributed by atoms with Crippen LogP contribution in [-0.4, -0.2) is 64.3 Å². The second kappa shape index (κ2) is 10.2. The van der Waals surface area contributed by atoms with Crippen LogP contribution in [0, 0.1) is 0 Å². The highest BCUT2D eigenvalue weighted by Gasteiger charge is 2.25. The fraction of sp³-hybridized carbons (Fsp3) is 0.259. The lowest BCUT2D eigenvalue weighted by molar-refractivity contribution is -0.113. The Kier molecular flexibility index (Phi) is 6.82. The zero-order chi connectivity index (χ0) is 26.1. The Bertz CT molecular complexity index is 1480. The van der Waals surface area contributed by atoms with Crippen LogP contribution in [0.15, 0.2) is 60.9 Å². The number of aromatic nitrogens is 4. The smallest absolute Gasteiger partial charge is 0.250 e. The first-order valence-corrected chi connectivity index (χ1v) is 12.3. The molecule has 2 aromatic heterocycles. The maximum Gasteiger partial charge on any atom is 0.250 e. The van der Waals surface area contributed by atoms with Gasteiger partial charge in [0.1, 0.15) is 29.3 Å². The highest BCUT2D eigenvalue weighted by Crippen LogP contribution is 2.35. The van der Waals surface area contributed by atoms with E-state index < -0.39 is 0 Å². The summed E-state index contributed by atoms with van der Waals surface area (Å²) in [4.78, 5) is 25.4. The third-order valence-corrected chi connectivity index (χ3v) is 6.80. The van der Waals surface area contributed by atoms with Crippen molar-refractivity contribution in [1.29, 1.82) is 0 Å². The van der Waals surface area contributed by atoms with Crippen molar-refractivity contribution in [2.45, 2.75) is 18.9 Å². The number of likely N-dealkylation sites (N-methyl/N-ethyl adjacent to an activating group) is 2. The SMILES string of the molecule is COc1ccc(N(C)C(=O)/C=C/CN(C)C2CC2)cc1-n1nc(-c2ccc(Cl)cc2)c2c(N)ncnc21. The summed E-state index contributed by atoms with van der Waals surface area (Å²) in [6, 6.07) is 13.4. The van der Waals surface area contributed by atoms with E-state index in [-0.39, 0.29) is 5.91 Å². The number of hydrogen-bond donors (Lipinski definition) is 1. The van der Waals surface area contributed by atoms with E-state index in [4.69, 9.17) is 27.2 Å². The van der Waals surface area contributed by atoms with Crippen LogP contribution >= 0.6 is 11.6 Å². The van der Waals surface area contributed by atoms with Gasteiger partial charge >= 0.3 is 0 Å². The predicted molar refractivity (Wildman–Crippen MR) is 146 cm³/mol. The number of benzene rings is 2. The molecule has 9 nitrogen and oxygen atoms in total. The molecule has 37 heavy (non-hydrogen) atoms. The zero-order valence-corrected chi connectivity index (χ0v) is 21.7. The molecule has 0 spiro atoms. The van der Waals surface area contributed by atoms with Crippen molar-refractivity contribution in [2.24, 2.45) is 0 Å². The fourth-order valence-corrected chi connectivity index (χ4v) is 4.35. The molecule has 0 saturated heterocycles. The molecule has 0 bridgehead atoms. The molecule has 2 aromatic carbocycles. The van der Waals surface area contributed by atoms with E-state index in [1.165, 1.54) is 19.2 Å². The molecule has 2 N–H and O–H groups in total. The van der Waals surface area contributed by atoms with Crippen LogP contribution in [0.5, 0.6) is 5.75 Å². The number of carbonyl (C=O) groups excluding carboxylic acids is 1. The van der Waals surface area contributed by atoms with Gasteiger partial charge in [-0.25, -0.2) is 14.6 Å². The minimum atomic E-state index is -0.126. The van der Waals surface area contributed by atoms with Gasteiger partial charge in [0.2, 0.25) is 5.91 Å². The highest BCUT2D eigenvalue weighted by molar-refractivity contribution is 6.30. The second-order valence-electron chi connectivity index (χ2n) is 9.05. The van der Waals surface area contributed by atoms with Crippen LogP contribution in [0.4, 0.5) is 11.5 Å². The molecule has 0 unspecified atom stereocenters. The van der Waals surface area contributed by atoms with Gasteiger partial charge in [0.15, 0.2) is 5.65 Å². The van der Waals surface area contributed by atoms with Crippen LogP contribution in [0.2, 0.25) is 5.02 Å². The van der Waals surface area contributed by atoms with Crippen molar-refractivity contribution in [2.75, 3.05) is 38.4 Å². The fourth-order valence-electron chi connectivity index (χ4n) is 4.23. The topological polar surface area (TPSA) is 102 Å². The lowest BCUT2D eigenvalue weighted by Crippen LogP contribution is -2.25. The van der Waals surface area contributed by atoms with Gasteiger partial charge in [-0.15, -0.1) is 0 Å². The molecule has 4 aromatic rings. The van der Waals surface area contributed by atoms with E-state index in [0.717, 1.165) is 12.1 Å². The van der Waals surface area contributed by atoms with Crippen LogP contribution in [0.3, 0.4) is 0 Å². The average Bonchev–Trinajstić information content (AvgIpc) is 3.69. The number of nitrogen functional groups attached to an aromatic ring is 1. The van der Waals surface area contributed by atoms with Gasteiger partial charge in [-0.1, -0.05) is 29.8 Å². The molecule has 1 amide bonds. The van der Waals surface area contributed by atoms with Crippen LogP contribution < -0.4 is 15.4 Å². The van der Waals surface area contributed by atoms with Crippen molar-refractivity contribution < 1.29 is 9.53 Å². The summed E-state index contributed by atoms with van der Waals surface area (Å²) >= 11 is 6.09. The van der Waals surface area contributed by atoms with Crippen LogP contribution in [0.25, 0.3) is 28.0 Å². The number of fused-ring (bicyclic) bond motifs is 1. The van der Waals surface area contributed by atoms with Gasteiger partial charge in [0.25, 0.3) is 0 Å². The Balaban J connectivity index is 1.53. The Hall–Kier alpha value is -3.95. The van der Waals surface area contributed by atoms with E-state index in [1.807, 2.05) is 30.3 Å².